The second kappa shape index (κ2) is 5.06. The van der Waals surface area contributed by atoms with Crippen molar-refractivity contribution in [1.29, 1.82) is 5.26 Å². The van der Waals surface area contributed by atoms with Crippen molar-refractivity contribution < 1.29 is 5.11 Å². The topological polar surface area (TPSA) is 86.0 Å². The summed E-state index contributed by atoms with van der Waals surface area (Å²) in [6.45, 7) is 1.79. The second-order valence-electron chi connectivity index (χ2n) is 4.44. The van der Waals surface area contributed by atoms with Crippen molar-refractivity contribution in [2.24, 2.45) is 10.2 Å². The lowest BCUT2D eigenvalue weighted by atomic mass is 10.2. The Kier molecular flexibility index (Phi) is 3.09. The summed E-state index contributed by atoms with van der Waals surface area (Å²) in [5, 5.41) is 27.1. The quantitative estimate of drug-likeness (QED) is 0.725. The Hall–Kier alpha value is -3.20. The first-order chi connectivity index (χ1) is 10.2. The molecule has 21 heavy (non-hydrogen) atoms. The first-order valence-electron chi connectivity index (χ1n) is 6.28. The molecule has 1 N–H and O–H groups in total. The van der Waals surface area contributed by atoms with Crippen LogP contribution >= 0.6 is 0 Å². The van der Waals surface area contributed by atoms with Gasteiger partial charge in [-0.15, -0.1) is 10.2 Å². The normalized spacial score (nSPS) is 11.0. The van der Waals surface area contributed by atoms with Crippen LogP contribution in [0.2, 0.25) is 0 Å². The molecule has 0 fully saturated rings. The zero-order valence-corrected chi connectivity index (χ0v) is 11.2. The fourth-order valence-electron chi connectivity index (χ4n) is 2.03. The van der Waals surface area contributed by atoms with Crippen LogP contribution in [0, 0.1) is 18.3 Å². The zero-order valence-electron chi connectivity index (χ0n) is 11.2. The first-order valence-corrected chi connectivity index (χ1v) is 6.28. The van der Waals surface area contributed by atoms with Crippen molar-refractivity contribution >= 4 is 17.2 Å². The monoisotopic (exact) mass is 277 g/mol. The minimum Gasteiger partial charge on any atom is -0.504 e. The molecule has 0 radical (unpaired) electrons. The smallest absolute Gasteiger partial charge is 0.182 e. The van der Waals surface area contributed by atoms with E-state index in [-0.39, 0.29) is 5.75 Å². The summed E-state index contributed by atoms with van der Waals surface area (Å²) in [5.74, 6) is 0.605. The number of imidazole rings is 1. The molecule has 0 atom stereocenters. The van der Waals surface area contributed by atoms with Crippen molar-refractivity contribution in [3.63, 3.8) is 0 Å². The molecule has 102 valence electrons. The van der Waals surface area contributed by atoms with Gasteiger partial charge in [0, 0.05) is 6.20 Å². The highest BCUT2D eigenvalue weighted by Gasteiger charge is 2.10. The highest BCUT2D eigenvalue weighted by molar-refractivity contribution is 5.60. The molecule has 6 heteroatoms. The Labute approximate surface area is 120 Å². The molecule has 2 heterocycles. The van der Waals surface area contributed by atoms with E-state index >= 15 is 0 Å². The van der Waals surface area contributed by atoms with Crippen LogP contribution < -0.4 is 0 Å². The van der Waals surface area contributed by atoms with Gasteiger partial charge < -0.3 is 5.11 Å². The Morgan fingerprint density at radius 1 is 1.19 bits per heavy atom. The average Bonchev–Trinajstić information content (AvgIpc) is 2.83. The summed E-state index contributed by atoms with van der Waals surface area (Å²) in [7, 11) is 0. The maximum Gasteiger partial charge on any atom is 0.182 e. The lowest BCUT2D eigenvalue weighted by molar-refractivity contribution is 0.477. The molecule has 1 aromatic carbocycles. The number of aromatic hydroxyl groups is 1. The van der Waals surface area contributed by atoms with Crippen LogP contribution in [-0.4, -0.2) is 14.5 Å². The van der Waals surface area contributed by atoms with E-state index in [0.29, 0.717) is 28.4 Å². The second-order valence-corrected chi connectivity index (χ2v) is 4.44. The average molecular weight is 277 g/mol. The Morgan fingerprint density at radius 3 is 2.81 bits per heavy atom. The number of nitrogens with zero attached hydrogens (tertiary/aromatic N) is 5. The Balaban J connectivity index is 2.10. The maximum atomic E-state index is 9.78. The summed E-state index contributed by atoms with van der Waals surface area (Å²) in [4.78, 5) is 4.26. The first kappa shape index (κ1) is 12.8. The van der Waals surface area contributed by atoms with Gasteiger partial charge in [-0.3, -0.25) is 4.40 Å². The number of hydrogen-bond donors (Lipinski definition) is 1. The third kappa shape index (κ3) is 2.21. The minimum atomic E-state index is 0.0828. The van der Waals surface area contributed by atoms with Gasteiger partial charge >= 0.3 is 0 Å². The number of azo groups is 1. The van der Waals surface area contributed by atoms with Gasteiger partial charge in [-0.2, -0.15) is 5.26 Å². The predicted octanol–water partition coefficient (Wildman–Crippen LogP) is 3.64. The number of fused-ring (bicyclic) bond motifs is 1. The third-order valence-electron chi connectivity index (χ3n) is 3.05. The number of pyridine rings is 1. The van der Waals surface area contributed by atoms with E-state index in [4.69, 9.17) is 5.26 Å². The summed E-state index contributed by atoms with van der Waals surface area (Å²) in [5.41, 5.74) is 2.03. The molecule has 3 aromatic rings. The Bertz CT molecular complexity index is 889. The molecule has 0 aliphatic heterocycles. The SMILES string of the molecule is Cc1nc2c(O)cccn2c1N=Nc1ccccc1C#N. The third-order valence-corrected chi connectivity index (χ3v) is 3.05. The molecular formula is C15H11N5O. The highest BCUT2D eigenvalue weighted by Crippen LogP contribution is 2.28. The van der Waals surface area contributed by atoms with E-state index in [1.807, 2.05) is 0 Å². The van der Waals surface area contributed by atoms with Crippen molar-refractivity contribution in [3.8, 4) is 11.8 Å². The molecule has 0 spiro atoms. The molecule has 0 saturated carbocycles. The molecule has 3 rings (SSSR count). The van der Waals surface area contributed by atoms with Gasteiger partial charge in [-0.05, 0) is 31.2 Å². The van der Waals surface area contributed by atoms with Gasteiger partial charge in [-0.1, -0.05) is 12.1 Å². The molecule has 0 saturated heterocycles. The summed E-state index contributed by atoms with van der Waals surface area (Å²) in [6.07, 6.45) is 1.75. The van der Waals surface area contributed by atoms with Crippen molar-refractivity contribution in [2.45, 2.75) is 6.92 Å². The Morgan fingerprint density at radius 2 is 2.00 bits per heavy atom. The van der Waals surface area contributed by atoms with Crippen LogP contribution in [0.4, 0.5) is 11.5 Å². The van der Waals surface area contributed by atoms with Gasteiger partial charge in [0.2, 0.25) is 0 Å². The van der Waals surface area contributed by atoms with Gasteiger partial charge in [0.15, 0.2) is 17.2 Å². The van der Waals surface area contributed by atoms with Gasteiger partial charge in [0.1, 0.15) is 11.8 Å². The molecule has 0 unspecified atom stereocenters. The molecule has 0 aliphatic rings. The highest BCUT2D eigenvalue weighted by atomic mass is 16.3. The van der Waals surface area contributed by atoms with Crippen LogP contribution in [0.15, 0.2) is 52.8 Å². The van der Waals surface area contributed by atoms with Gasteiger partial charge in [0.05, 0.1) is 11.3 Å². The van der Waals surface area contributed by atoms with Crippen molar-refractivity contribution in [1.82, 2.24) is 9.38 Å². The largest absolute Gasteiger partial charge is 0.504 e. The fourth-order valence-corrected chi connectivity index (χ4v) is 2.03. The van der Waals surface area contributed by atoms with E-state index in [1.54, 1.807) is 53.9 Å². The predicted molar refractivity (Wildman–Crippen MR) is 76.9 cm³/mol. The van der Waals surface area contributed by atoms with Gasteiger partial charge in [-0.25, -0.2) is 4.98 Å². The number of aryl methyl sites for hydroxylation is 1. The van der Waals surface area contributed by atoms with E-state index in [2.05, 4.69) is 21.3 Å². The summed E-state index contributed by atoms with van der Waals surface area (Å²) >= 11 is 0. The van der Waals surface area contributed by atoms with Crippen LogP contribution in [-0.2, 0) is 0 Å². The van der Waals surface area contributed by atoms with E-state index in [0.717, 1.165) is 0 Å². The lowest BCUT2D eigenvalue weighted by Crippen LogP contribution is -1.82. The molecule has 0 bridgehead atoms. The number of hydrogen-bond acceptors (Lipinski definition) is 5. The van der Waals surface area contributed by atoms with Crippen LogP contribution in [0.1, 0.15) is 11.3 Å². The van der Waals surface area contributed by atoms with Gasteiger partial charge in [0.25, 0.3) is 0 Å². The van der Waals surface area contributed by atoms with Crippen LogP contribution in [0.3, 0.4) is 0 Å². The van der Waals surface area contributed by atoms with Crippen LogP contribution in [0.25, 0.3) is 5.65 Å². The number of benzene rings is 1. The summed E-state index contributed by atoms with van der Waals surface area (Å²) in [6, 6.07) is 12.3. The molecule has 2 aromatic heterocycles. The molecule has 0 amide bonds. The number of rotatable bonds is 2. The fraction of sp³-hybridized carbons (Fsp3) is 0.0667. The van der Waals surface area contributed by atoms with E-state index in [1.165, 1.54) is 0 Å². The molecular weight excluding hydrogens is 266 g/mol. The van der Waals surface area contributed by atoms with Crippen LogP contribution in [0.5, 0.6) is 5.75 Å². The van der Waals surface area contributed by atoms with Crippen molar-refractivity contribution in [2.75, 3.05) is 0 Å². The molecule has 6 nitrogen and oxygen atoms in total. The van der Waals surface area contributed by atoms with Crippen molar-refractivity contribution in [3.05, 3.63) is 53.9 Å². The van der Waals surface area contributed by atoms with E-state index < -0.39 is 0 Å². The standard InChI is InChI=1S/C15H11N5O/c1-10-14(20-8-4-7-13(21)15(20)17-10)19-18-12-6-3-2-5-11(12)9-16/h2-8,21H,1H3. The number of nitriles is 1. The molecule has 0 aliphatic carbocycles. The lowest BCUT2D eigenvalue weighted by Gasteiger charge is -1.98. The maximum absolute atomic E-state index is 9.78. The van der Waals surface area contributed by atoms with E-state index in [9.17, 15) is 5.11 Å². The zero-order chi connectivity index (χ0) is 14.8. The summed E-state index contributed by atoms with van der Waals surface area (Å²) < 4.78 is 1.66. The number of aromatic nitrogens is 2. The minimum absolute atomic E-state index is 0.0828.